The second-order valence-corrected chi connectivity index (χ2v) is 8.96. The van der Waals surface area contributed by atoms with Crippen LogP contribution in [0.5, 0.6) is 0 Å². The maximum atomic E-state index is 12.5. The van der Waals surface area contributed by atoms with Crippen LogP contribution in [-0.2, 0) is 21.4 Å². The Kier molecular flexibility index (Phi) is 7.21. The molecule has 0 fully saturated rings. The van der Waals surface area contributed by atoms with Gasteiger partial charge in [-0.2, -0.15) is 0 Å². The van der Waals surface area contributed by atoms with Crippen LogP contribution in [0.2, 0.25) is 0 Å². The van der Waals surface area contributed by atoms with Crippen LogP contribution in [0.25, 0.3) is 0 Å². The van der Waals surface area contributed by atoms with Crippen LogP contribution >= 0.6 is 0 Å². The van der Waals surface area contributed by atoms with E-state index >= 15 is 0 Å². The molecule has 0 aliphatic carbocycles. The normalized spacial score (nSPS) is 11.3. The van der Waals surface area contributed by atoms with Gasteiger partial charge in [-0.3, -0.25) is 4.79 Å². The number of hydrogen-bond donors (Lipinski definition) is 1. The highest BCUT2D eigenvalue weighted by atomic mass is 32.2. The van der Waals surface area contributed by atoms with Gasteiger partial charge in [0.15, 0.2) is 0 Å². The van der Waals surface area contributed by atoms with Gasteiger partial charge >= 0.3 is 0 Å². The Balaban J connectivity index is 1.88. The molecule has 0 bridgehead atoms. The van der Waals surface area contributed by atoms with Gasteiger partial charge in [0.1, 0.15) is 0 Å². The summed E-state index contributed by atoms with van der Waals surface area (Å²) in [5.74, 6) is -0.111. The molecular formula is C21H29N3O3S. The van der Waals surface area contributed by atoms with Crippen molar-refractivity contribution in [1.82, 2.24) is 9.62 Å². The lowest BCUT2D eigenvalue weighted by Crippen LogP contribution is -2.32. The van der Waals surface area contributed by atoms with Gasteiger partial charge < -0.3 is 9.80 Å². The number of carbonyl (C=O) groups excluding carboxylic acids is 1. The fraction of sp³-hybridized carbons (Fsp3) is 0.381. The van der Waals surface area contributed by atoms with Crippen LogP contribution in [0.1, 0.15) is 23.1 Å². The van der Waals surface area contributed by atoms with E-state index in [-0.39, 0.29) is 23.8 Å². The number of hydrogen-bond acceptors (Lipinski definition) is 4. The van der Waals surface area contributed by atoms with Crippen LogP contribution in [0.15, 0.2) is 47.4 Å². The molecule has 28 heavy (non-hydrogen) atoms. The van der Waals surface area contributed by atoms with Gasteiger partial charge in [0.05, 0.1) is 4.90 Å². The number of nitrogens with one attached hydrogen (secondary N) is 1. The predicted octanol–water partition coefficient (Wildman–Crippen LogP) is 2.70. The molecule has 2 aromatic rings. The number of carbonyl (C=O) groups is 1. The Morgan fingerprint density at radius 1 is 1.00 bits per heavy atom. The third-order valence-electron chi connectivity index (χ3n) is 4.55. The molecule has 0 unspecified atom stereocenters. The smallest absolute Gasteiger partial charge is 0.240 e. The molecule has 0 atom stereocenters. The summed E-state index contributed by atoms with van der Waals surface area (Å²) in [6.45, 7) is 4.23. The minimum atomic E-state index is -3.63. The highest BCUT2D eigenvalue weighted by Crippen LogP contribution is 2.16. The van der Waals surface area contributed by atoms with E-state index in [1.165, 1.54) is 0 Å². The van der Waals surface area contributed by atoms with Gasteiger partial charge in [-0.25, -0.2) is 13.1 Å². The summed E-state index contributed by atoms with van der Waals surface area (Å²) in [6, 6.07) is 13.2. The number of nitrogens with zero attached hydrogens (tertiary/aromatic N) is 2. The van der Waals surface area contributed by atoms with E-state index in [0.717, 1.165) is 16.8 Å². The second-order valence-electron chi connectivity index (χ2n) is 7.23. The van der Waals surface area contributed by atoms with E-state index in [4.69, 9.17) is 0 Å². The maximum absolute atomic E-state index is 12.5. The molecule has 0 saturated carbocycles. The molecule has 0 aliphatic rings. The van der Waals surface area contributed by atoms with Gasteiger partial charge in [-0.05, 0) is 43.2 Å². The third kappa shape index (κ3) is 5.81. The number of anilines is 1. The molecule has 0 aromatic heterocycles. The zero-order chi connectivity index (χ0) is 20.9. The first-order valence-corrected chi connectivity index (χ1v) is 10.7. The van der Waals surface area contributed by atoms with E-state index in [1.807, 2.05) is 56.3 Å². The van der Waals surface area contributed by atoms with Crippen molar-refractivity contribution >= 4 is 21.6 Å². The number of benzene rings is 2. The fourth-order valence-electron chi connectivity index (χ4n) is 2.92. The first-order valence-electron chi connectivity index (χ1n) is 9.17. The van der Waals surface area contributed by atoms with Crippen molar-refractivity contribution in [2.24, 2.45) is 0 Å². The standard InChI is InChI=1S/C21H29N3O3S/c1-16-6-11-20(17(2)14-16)28(26,27)22-13-12-21(25)24(5)15-18-7-9-19(10-8-18)23(3)4/h6-11,14,22H,12-13,15H2,1-5H3. The molecule has 0 spiro atoms. The average molecular weight is 404 g/mol. The highest BCUT2D eigenvalue weighted by molar-refractivity contribution is 7.89. The van der Waals surface area contributed by atoms with E-state index in [1.54, 1.807) is 31.0 Å². The molecule has 0 radical (unpaired) electrons. The molecule has 152 valence electrons. The monoisotopic (exact) mass is 403 g/mol. The zero-order valence-electron chi connectivity index (χ0n) is 17.2. The largest absolute Gasteiger partial charge is 0.378 e. The number of rotatable bonds is 8. The maximum Gasteiger partial charge on any atom is 0.240 e. The Bertz CT molecular complexity index is 922. The quantitative estimate of drug-likeness (QED) is 0.736. The van der Waals surface area contributed by atoms with Crippen LogP contribution < -0.4 is 9.62 Å². The lowest BCUT2D eigenvalue weighted by Gasteiger charge is -2.19. The summed E-state index contributed by atoms with van der Waals surface area (Å²) >= 11 is 0. The summed E-state index contributed by atoms with van der Waals surface area (Å²) in [7, 11) is 2.05. The molecule has 1 N–H and O–H groups in total. The second kappa shape index (κ2) is 9.21. The van der Waals surface area contributed by atoms with Crippen molar-refractivity contribution in [1.29, 1.82) is 0 Å². The van der Waals surface area contributed by atoms with Crippen molar-refractivity contribution < 1.29 is 13.2 Å². The van der Waals surface area contributed by atoms with Gasteiger partial charge in [-0.1, -0.05) is 29.8 Å². The van der Waals surface area contributed by atoms with Gasteiger partial charge in [0.25, 0.3) is 0 Å². The predicted molar refractivity (Wildman–Crippen MR) is 113 cm³/mol. The summed E-state index contributed by atoms with van der Waals surface area (Å²) < 4.78 is 27.4. The third-order valence-corrected chi connectivity index (χ3v) is 6.17. The lowest BCUT2D eigenvalue weighted by molar-refractivity contribution is -0.130. The number of aryl methyl sites for hydroxylation is 2. The Hall–Kier alpha value is -2.38. The van der Waals surface area contributed by atoms with Crippen molar-refractivity contribution in [3.05, 3.63) is 59.2 Å². The van der Waals surface area contributed by atoms with Crippen LogP contribution in [0.3, 0.4) is 0 Å². The summed E-state index contributed by atoms with van der Waals surface area (Å²) in [4.78, 5) is 16.2. The molecule has 6 nitrogen and oxygen atoms in total. The van der Waals surface area contributed by atoms with Crippen molar-refractivity contribution in [2.75, 3.05) is 32.6 Å². The molecule has 1 amide bonds. The van der Waals surface area contributed by atoms with Gasteiger partial charge in [0, 0.05) is 46.3 Å². The topological polar surface area (TPSA) is 69.7 Å². The SMILES string of the molecule is Cc1ccc(S(=O)(=O)NCCC(=O)N(C)Cc2ccc(N(C)C)cc2)c(C)c1. The molecule has 2 aromatic carbocycles. The van der Waals surface area contributed by atoms with E-state index in [0.29, 0.717) is 12.1 Å². The lowest BCUT2D eigenvalue weighted by atomic mass is 10.2. The molecule has 0 saturated heterocycles. The number of sulfonamides is 1. The van der Waals surface area contributed by atoms with Crippen molar-refractivity contribution in [3.8, 4) is 0 Å². The van der Waals surface area contributed by atoms with Gasteiger partial charge in [-0.15, -0.1) is 0 Å². The zero-order valence-corrected chi connectivity index (χ0v) is 18.0. The first-order chi connectivity index (χ1) is 13.1. The highest BCUT2D eigenvalue weighted by Gasteiger charge is 2.17. The minimum Gasteiger partial charge on any atom is -0.378 e. The van der Waals surface area contributed by atoms with Gasteiger partial charge in [0.2, 0.25) is 15.9 Å². The van der Waals surface area contributed by atoms with Crippen molar-refractivity contribution in [2.45, 2.75) is 31.7 Å². The van der Waals surface area contributed by atoms with Crippen LogP contribution in [0, 0.1) is 13.8 Å². The summed E-state index contributed by atoms with van der Waals surface area (Å²) in [5, 5.41) is 0. The van der Waals surface area contributed by atoms with Crippen LogP contribution in [-0.4, -0.2) is 46.9 Å². The molecular weight excluding hydrogens is 374 g/mol. The van der Waals surface area contributed by atoms with E-state index in [2.05, 4.69) is 4.72 Å². The van der Waals surface area contributed by atoms with E-state index in [9.17, 15) is 13.2 Å². The van der Waals surface area contributed by atoms with Crippen LogP contribution in [0.4, 0.5) is 5.69 Å². The minimum absolute atomic E-state index is 0.0678. The summed E-state index contributed by atoms with van der Waals surface area (Å²) in [5.41, 5.74) is 3.82. The first kappa shape index (κ1) is 21.9. The molecule has 0 aliphatic heterocycles. The Labute approximate surface area is 168 Å². The fourth-order valence-corrected chi connectivity index (χ4v) is 4.18. The number of amides is 1. The van der Waals surface area contributed by atoms with E-state index < -0.39 is 10.0 Å². The van der Waals surface area contributed by atoms with Crippen molar-refractivity contribution in [3.63, 3.8) is 0 Å². The molecule has 0 heterocycles. The Morgan fingerprint density at radius 3 is 2.21 bits per heavy atom. The summed E-state index contributed by atoms with van der Waals surface area (Å²) in [6.07, 6.45) is 0.108. The average Bonchev–Trinajstić information content (AvgIpc) is 2.61. The molecule has 7 heteroatoms. The molecule has 2 rings (SSSR count). The Morgan fingerprint density at radius 2 is 1.64 bits per heavy atom.